The van der Waals surface area contributed by atoms with E-state index in [0.29, 0.717) is 0 Å². The maximum absolute atomic E-state index is 13.5. The number of nitro benzene ring substituents is 1. The Kier molecular flexibility index (Phi) is 4.09. The summed E-state index contributed by atoms with van der Waals surface area (Å²) in [5, 5.41) is 19.8. The number of imidazole rings is 1. The zero-order valence-electron chi connectivity index (χ0n) is 11.4. The smallest absolute Gasteiger partial charge is 0.417 e. The number of benzene rings is 1. The molecule has 0 saturated carbocycles. The quantitative estimate of drug-likeness (QED) is 0.499. The molecule has 0 radical (unpaired) electrons. The lowest BCUT2D eigenvalue weighted by atomic mass is 10.1. The van der Waals surface area contributed by atoms with E-state index < -0.39 is 62.2 Å². The van der Waals surface area contributed by atoms with E-state index in [1.165, 1.54) is 0 Å². The van der Waals surface area contributed by atoms with Gasteiger partial charge in [0.15, 0.2) is 11.3 Å². The van der Waals surface area contributed by atoms with E-state index in [9.17, 15) is 45.6 Å². The molecule has 0 aliphatic heterocycles. The first-order valence-electron chi connectivity index (χ1n) is 5.96. The van der Waals surface area contributed by atoms with Gasteiger partial charge in [-0.1, -0.05) is 0 Å². The first-order valence-corrected chi connectivity index (χ1v) is 5.96. The van der Waals surface area contributed by atoms with E-state index in [4.69, 9.17) is 5.11 Å². The molecule has 14 heteroatoms. The molecule has 0 aliphatic rings. The largest absolute Gasteiger partial charge is 0.464 e. The Balaban J connectivity index is 3.01. The van der Waals surface area contributed by atoms with Crippen molar-refractivity contribution in [1.29, 1.82) is 0 Å². The molecule has 0 unspecified atom stereocenters. The van der Waals surface area contributed by atoms with Crippen molar-refractivity contribution in [2.24, 2.45) is 0 Å². The van der Waals surface area contributed by atoms with Crippen molar-refractivity contribution in [3.8, 4) is 0 Å². The molecule has 136 valence electrons. The number of fused-ring (bicyclic) bond motifs is 1. The van der Waals surface area contributed by atoms with Gasteiger partial charge < -0.3 is 5.11 Å². The number of alkyl halides is 7. The van der Waals surface area contributed by atoms with Gasteiger partial charge in [0.2, 0.25) is 0 Å². The summed E-state index contributed by atoms with van der Waals surface area (Å²) < 4.78 is 89.8. The third-order valence-electron chi connectivity index (χ3n) is 3.03. The van der Waals surface area contributed by atoms with Crippen LogP contribution >= 0.6 is 0 Å². The second kappa shape index (κ2) is 5.56. The van der Waals surface area contributed by atoms with Gasteiger partial charge >= 0.3 is 24.6 Å². The lowest BCUT2D eigenvalue weighted by Crippen LogP contribution is -2.30. The first-order chi connectivity index (χ1) is 11.3. The highest BCUT2D eigenvalue weighted by Gasteiger charge is 2.49. The highest BCUT2D eigenvalue weighted by molar-refractivity contribution is 5.92. The minimum atomic E-state index is -5.20. The lowest BCUT2D eigenvalue weighted by Gasteiger charge is -2.14. The SMILES string of the molecule is O=C(O)n1c(C(F)(F)C(F)F)nc2c([N+](=O)[O-])cc(C(F)(F)F)cc21. The van der Waals surface area contributed by atoms with E-state index in [-0.39, 0.29) is 12.1 Å². The van der Waals surface area contributed by atoms with Crippen LogP contribution in [0, 0.1) is 10.1 Å². The van der Waals surface area contributed by atoms with E-state index in [2.05, 4.69) is 4.98 Å². The highest BCUT2D eigenvalue weighted by Crippen LogP contribution is 2.40. The average molecular weight is 375 g/mol. The molecule has 0 saturated heterocycles. The van der Waals surface area contributed by atoms with Gasteiger partial charge in [-0.25, -0.2) is 23.1 Å². The van der Waals surface area contributed by atoms with Crippen molar-refractivity contribution >= 4 is 22.8 Å². The molecule has 7 nitrogen and oxygen atoms in total. The summed E-state index contributed by atoms with van der Waals surface area (Å²) in [6.45, 7) is 0. The van der Waals surface area contributed by atoms with Crippen LogP contribution in [0.15, 0.2) is 12.1 Å². The molecule has 2 rings (SSSR count). The van der Waals surface area contributed by atoms with Gasteiger partial charge in [-0.2, -0.15) is 22.0 Å². The predicted molar refractivity (Wildman–Crippen MR) is 64.7 cm³/mol. The summed E-state index contributed by atoms with van der Waals surface area (Å²) in [7, 11) is 0. The number of hydrogen-bond acceptors (Lipinski definition) is 4. The fourth-order valence-electron chi connectivity index (χ4n) is 1.98. The predicted octanol–water partition coefficient (Wildman–Crippen LogP) is 3.85. The van der Waals surface area contributed by atoms with Crippen LogP contribution in [0.2, 0.25) is 0 Å². The summed E-state index contributed by atoms with van der Waals surface area (Å²) >= 11 is 0. The molecule has 1 aromatic carbocycles. The van der Waals surface area contributed by atoms with E-state index in [0.717, 1.165) is 0 Å². The zero-order chi connectivity index (χ0) is 19.3. The number of rotatable bonds is 3. The number of aromatic nitrogens is 2. The molecule has 2 aromatic rings. The molecular weight excluding hydrogens is 371 g/mol. The number of nitrogens with zero attached hydrogens (tertiary/aromatic N) is 3. The summed E-state index contributed by atoms with van der Waals surface area (Å²) in [5.74, 6) is -7.31. The summed E-state index contributed by atoms with van der Waals surface area (Å²) in [6, 6.07) is -0.0691. The standard InChI is InChI=1S/C11H4F7N3O4/c12-7(13)10(14,15)8-19-6-4(20(8)9(22)23)1-3(11(16,17)18)2-5(6)21(24)25/h1-2,7H,(H,22,23). The summed E-state index contributed by atoms with van der Waals surface area (Å²) in [5.41, 5.74) is -5.67. The number of non-ortho nitro benzene ring substituents is 1. The highest BCUT2D eigenvalue weighted by atomic mass is 19.4. The fourth-order valence-corrected chi connectivity index (χ4v) is 1.98. The molecule has 0 atom stereocenters. The molecule has 0 amide bonds. The topological polar surface area (TPSA) is 98.3 Å². The molecule has 0 fully saturated rings. The van der Waals surface area contributed by atoms with Crippen LogP contribution in [0.5, 0.6) is 0 Å². The molecule has 1 heterocycles. The second-order valence-electron chi connectivity index (χ2n) is 4.60. The van der Waals surface area contributed by atoms with Crippen LogP contribution in [0.3, 0.4) is 0 Å². The van der Waals surface area contributed by atoms with Crippen LogP contribution in [-0.4, -0.2) is 32.1 Å². The van der Waals surface area contributed by atoms with Crippen molar-refractivity contribution in [3.63, 3.8) is 0 Å². The van der Waals surface area contributed by atoms with Crippen molar-refractivity contribution < 1.29 is 45.6 Å². The molecule has 0 spiro atoms. The Bertz CT molecular complexity index is 875. The summed E-state index contributed by atoms with van der Waals surface area (Å²) in [6.07, 6.45) is -12.0. The third kappa shape index (κ3) is 2.94. The van der Waals surface area contributed by atoms with Crippen molar-refractivity contribution in [2.45, 2.75) is 18.5 Å². The van der Waals surface area contributed by atoms with Crippen molar-refractivity contribution in [2.75, 3.05) is 0 Å². The molecule has 25 heavy (non-hydrogen) atoms. The number of halogens is 7. The van der Waals surface area contributed by atoms with E-state index in [1.54, 1.807) is 0 Å². The number of carbonyl (C=O) groups is 1. The van der Waals surface area contributed by atoms with Crippen LogP contribution in [-0.2, 0) is 12.1 Å². The van der Waals surface area contributed by atoms with Gasteiger partial charge in [0.05, 0.1) is 16.0 Å². The van der Waals surface area contributed by atoms with Crippen LogP contribution < -0.4 is 0 Å². The van der Waals surface area contributed by atoms with Crippen LogP contribution in [0.25, 0.3) is 11.0 Å². The normalized spacial score (nSPS) is 12.8. The number of carboxylic acid groups (broad SMARTS) is 1. The number of hydrogen-bond donors (Lipinski definition) is 1. The van der Waals surface area contributed by atoms with Crippen LogP contribution in [0.4, 0.5) is 41.2 Å². The van der Waals surface area contributed by atoms with E-state index in [1.807, 2.05) is 0 Å². The Labute approximate surface area is 131 Å². The van der Waals surface area contributed by atoms with Gasteiger partial charge in [-0.15, -0.1) is 0 Å². The zero-order valence-corrected chi connectivity index (χ0v) is 11.4. The first kappa shape index (κ1) is 18.4. The van der Waals surface area contributed by atoms with Crippen molar-refractivity contribution in [1.82, 2.24) is 9.55 Å². The number of nitro groups is 1. The summed E-state index contributed by atoms with van der Waals surface area (Å²) in [4.78, 5) is 23.4. The maximum Gasteiger partial charge on any atom is 0.417 e. The fraction of sp³-hybridized carbons (Fsp3) is 0.273. The molecule has 1 aromatic heterocycles. The van der Waals surface area contributed by atoms with Gasteiger partial charge in [0.1, 0.15) is 0 Å². The molecule has 0 bridgehead atoms. The molecule has 1 N–H and O–H groups in total. The molecule has 0 aliphatic carbocycles. The Morgan fingerprint density at radius 2 is 1.80 bits per heavy atom. The van der Waals surface area contributed by atoms with Crippen LogP contribution in [0.1, 0.15) is 11.4 Å². The van der Waals surface area contributed by atoms with Gasteiger partial charge in [-0.05, 0) is 6.07 Å². The Morgan fingerprint density at radius 1 is 1.24 bits per heavy atom. The van der Waals surface area contributed by atoms with Gasteiger partial charge in [0, 0.05) is 6.07 Å². The lowest BCUT2D eigenvalue weighted by molar-refractivity contribution is -0.383. The minimum absolute atomic E-state index is 0.00545. The van der Waals surface area contributed by atoms with Gasteiger partial charge in [0.25, 0.3) is 5.69 Å². The third-order valence-corrected chi connectivity index (χ3v) is 3.03. The average Bonchev–Trinajstić information content (AvgIpc) is 2.84. The van der Waals surface area contributed by atoms with Crippen molar-refractivity contribution in [3.05, 3.63) is 33.6 Å². The molecular formula is C11H4F7N3O4. The van der Waals surface area contributed by atoms with Gasteiger partial charge in [-0.3, -0.25) is 10.1 Å². The second-order valence-corrected chi connectivity index (χ2v) is 4.60. The monoisotopic (exact) mass is 375 g/mol. The Hall–Kier alpha value is -2.93. The van der Waals surface area contributed by atoms with E-state index >= 15 is 0 Å². The maximum atomic E-state index is 13.5. The minimum Gasteiger partial charge on any atom is -0.464 e. The Morgan fingerprint density at radius 3 is 2.20 bits per heavy atom.